The molecule has 0 aliphatic heterocycles. The summed E-state index contributed by atoms with van der Waals surface area (Å²) >= 11 is 5.54. The number of benzene rings is 4. The van der Waals surface area contributed by atoms with Gasteiger partial charge in [-0.05, 0) is 64.6 Å². The summed E-state index contributed by atoms with van der Waals surface area (Å²) in [5.41, 5.74) is 1.26. The third kappa shape index (κ3) is 3.65. The summed E-state index contributed by atoms with van der Waals surface area (Å²) in [6, 6.07) is 11.8. The number of unbranched alkanes of at least 4 members (excludes halogenated alkanes) is 2. The summed E-state index contributed by atoms with van der Waals surface area (Å²) in [4.78, 5) is 0. The Bertz CT molecular complexity index is 1240. The lowest BCUT2D eigenvalue weighted by molar-refractivity contribution is 0.585. The van der Waals surface area contributed by atoms with Gasteiger partial charge >= 0.3 is 0 Å². The van der Waals surface area contributed by atoms with Crippen LogP contribution in [0.15, 0.2) is 48.5 Å². The van der Waals surface area contributed by atoms with Crippen molar-refractivity contribution in [1.29, 1.82) is 0 Å². The molecule has 4 aromatic carbocycles. The fourth-order valence-corrected chi connectivity index (χ4v) is 3.96. The predicted molar refractivity (Wildman–Crippen MR) is 115 cm³/mol. The molecule has 0 nitrogen and oxygen atoms in total. The second-order valence-corrected chi connectivity index (χ2v) is 7.84. The Morgan fingerprint density at radius 1 is 0.667 bits per heavy atom. The second kappa shape index (κ2) is 8.27. The Morgan fingerprint density at radius 2 is 1.33 bits per heavy atom. The number of halogens is 5. The van der Waals surface area contributed by atoms with Crippen LogP contribution in [0.5, 0.6) is 0 Å². The minimum absolute atomic E-state index is 0.241. The molecule has 0 N–H and O–H groups in total. The molecule has 0 atom stereocenters. The Kier molecular flexibility index (Phi) is 5.70. The number of aryl methyl sites for hydroxylation is 1. The van der Waals surface area contributed by atoms with Gasteiger partial charge < -0.3 is 0 Å². The molecule has 154 valence electrons. The minimum atomic E-state index is -0.886. The Labute approximate surface area is 177 Å². The zero-order valence-electron chi connectivity index (χ0n) is 16.3. The molecule has 30 heavy (non-hydrogen) atoms. The maximum absolute atomic E-state index is 15.0. The molecule has 0 aliphatic rings. The number of rotatable bonds is 5. The quantitative estimate of drug-likeness (QED) is 0.129. The van der Waals surface area contributed by atoms with Crippen molar-refractivity contribution in [3.8, 4) is 11.1 Å². The standard InChI is InChI=1S/C25H19ClF4/c1-2-3-4-5-14-6-8-18-17-9-7-15(16-11-22(28)24(26)23(29)12-16)10-19(17)21(27)13-20(18)25(14)30/h6-13H,2-5H2,1H3. The van der Waals surface area contributed by atoms with E-state index in [4.69, 9.17) is 11.6 Å². The number of hydrogen-bond donors (Lipinski definition) is 0. The fourth-order valence-electron chi connectivity index (χ4n) is 3.86. The molecule has 0 aliphatic carbocycles. The van der Waals surface area contributed by atoms with E-state index in [0.29, 0.717) is 28.3 Å². The van der Waals surface area contributed by atoms with Gasteiger partial charge in [0.15, 0.2) is 0 Å². The second-order valence-electron chi connectivity index (χ2n) is 7.46. The Morgan fingerprint density at radius 3 is 2.03 bits per heavy atom. The fraction of sp³-hybridized carbons (Fsp3) is 0.200. The molecule has 4 aromatic rings. The zero-order valence-corrected chi connectivity index (χ0v) is 17.1. The highest BCUT2D eigenvalue weighted by atomic mass is 35.5. The molecule has 0 radical (unpaired) electrons. The van der Waals surface area contributed by atoms with Crippen molar-refractivity contribution < 1.29 is 17.6 Å². The summed E-state index contributed by atoms with van der Waals surface area (Å²) in [5, 5.41) is 1.06. The first-order valence-electron chi connectivity index (χ1n) is 9.89. The lowest BCUT2D eigenvalue weighted by Crippen LogP contribution is -1.95. The molecular formula is C25H19ClF4. The Hall–Kier alpha value is -2.59. The summed E-state index contributed by atoms with van der Waals surface area (Å²) < 4.78 is 57.6. The highest BCUT2D eigenvalue weighted by Gasteiger charge is 2.15. The van der Waals surface area contributed by atoms with E-state index in [9.17, 15) is 13.2 Å². The number of fused-ring (bicyclic) bond motifs is 3. The van der Waals surface area contributed by atoms with Crippen molar-refractivity contribution in [2.24, 2.45) is 0 Å². The lowest BCUT2D eigenvalue weighted by Gasteiger charge is -2.12. The van der Waals surface area contributed by atoms with Gasteiger partial charge in [0.1, 0.15) is 28.3 Å². The third-order valence-electron chi connectivity index (χ3n) is 5.46. The summed E-state index contributed by atoms with van der Waals surface area (Å²) in [6.45, 7) is 2.08. The minimum Gasteiger partial charge on any atom is -0.206 e. The van der Waals surface area contributed by atoms with Crippen LogP contribution in [-0.2, 0) is 6.42 Å². The van der Waals surface area contributed by atoms with E-state index in [0.717, 1.165) is 31.4 Å². The molecule has 0 fully saturated rings. The van der Waals surface area contributed by atoms with E-state index in [-0.39, 0.29) is 16.3 Å². The predicted octanol–water partition coefficient (Wildman–Crippen LogP) is 8.60. The van der Waals surface area contributed by atoms with Gasteiger partial charge in [-0.25, -0.2) is 17.6 Å². The van der Waals surface area contributed by atoms with Crippen LogP contribution in [0.3, 0.4) is 0 Å². The summed E-state index contributed by atoms with van der Waals surface area (Å²) in [5.74, 6) is -2.75. The van der Waals surface area contributed by atoms with Crippen LogP contribution in [0.1, 0.15) is 31.7 Å². The lowest BCUT2D eigenvalue weighted by atomic mass is 9.94. The molecule has 0 spiro atoms. The van der Waals surface area contributed by atoms with Gasteiger partial charge in [-0.3, -0.25) is 0 Å². The summed E-state index contributed by atoms with van der Waals surface area (Å²) in [6.07, 6.45) is 3.55. The first-order chi connectivity index (χ1) is 14.4. The molecule has 0 unspecified atom stereocenters. The van der Waals surface area contributed by atoms with Gasteiger partial charge in [0, 0.05) is 10.8 Å². The molecule has 0 saturated heterocycles. The van der Waals surface area contributed by atoms with Crippen LogP contribution in [0.25, 0.3) is 32.7 Å². The normalized spacial score (nSPS) is 11.5. The molecular weight excluding hydrogens is 412 g/mol. The van der Waals surface area contributed by atoms with Crippen molar-refractivity contribution in [1.82, 2.24) is 0 Å². The van der Waals surface area contributed by atoms with Gasteiger partial charge in [0.05, 0.1) is 0 Å². The largest absolute Gasteiger partial charge is 0.206 e. The van der Waals surface area contributed by atoms with Crippen LogP contribution in [-0.4, -0.2) is 0 Å². The Balaban J connectivity index is 1.85. The highest BCUT2D eigenvalue weighted by Crippen LogP contribution is 2.35. The van der Waals surface area contributed by atoms with E-state index in [2.05, 4.69) is 6.92 Å². The zero-order chi connectivity index (χ0) is 21.4. The van der Waals surface area contributed by atoms with Crippen LogP contribution in [0.2, 0.25) is 5.02 Å². The third-order valence-corrected chi connectivity index (χ3v) is 5.83. The smallest absolute Gasteiger partial charge is 0.145 e. The van der Waals surface area contributed by atoms with Crippen LogP contribution in [0, 0.1) is 23.3 Å². The topological polar surface area (TPSA) is 0 Å². The van der Waals surface area contributed by atoms with Crippen molar-refractivity contribution >= 4 is 33.1 Å². The van der Waals surface area contributed by atoms with Crippen LogP contribution < -0.4 is 0 Å². The van der Waals surface area contributed by atoms with Crippen molar-refractivity contribution in [2.45, 2.75) is 32.6 Å². The first-order valence-corrected chi connectivity index (χ1v) is 10.3. The van der Waals surface area contributed by atoms with Gasteiger partial charge in [-0.1, -0.05) is 55.6 Å². The molecule has 0 saturated carbocycles. The van der Waals surface area contributed by atoms with Crippen molar-refractivity contribution in [3.05, 3.63) is 82.4 Å². The average molecular weight is 431 g/mol. The van der Waals surface area contributed by atoms with Gasteiger partial charge in [-0.2, -0.15) is 0 Å². The van der Waals surface area contributed by atoms with E-state index in [1.54, 1.807) is 18.2 Å². The van der Waals surface area contributed by atoms with Crippen LogP contribution >= 0.6 is 11.6 Å². The maximum Gasteiger partial charge on any atom is 0.145 e. The van der Waals surface area contributed by atoms with Gasteiger partial charge in [0.2, 0.25) is 0 Å². The maximum atomic E-state index is 15.0. The van der Waals surface area contributed by atoms with Gasteiger partial charge in [-0.15, -0.1) is 0 Å². The van der Waals surface area contributed by atoms with E-state index >= 15 is 4.39 Å². The summed E-state index contributed by atoms with van der Waals surface area (Å²) in [7, 11) is 0. The van der Waals surface area contributed by atoms with Crippen LogP contribution in [0.4, 0.5) is 17.6 Å². The van der Waals surface area contributed by atoms with E-state index in [1.165, 1.54) is 12.1 Å². The molecule has 0 bridgehead atoms. The monoisotopic (exact) mass is 430 g/mol. The van der Waals surface area contributed by atoms with E-state index in [1.807, 2.05) is 6.07 Å². The molecule has 0 amide bonds. The molecule has 4 rings (SSSR count). The van der Waals surface area contributed by atoms with Crippen molar-refractivity contribution in [2.75, 3.05) is 0 Å². The highest BCUT2D eigenvalue weighted by molar-refractivity contribution is 6.31. The first kappa shape index (κ1) is 20.7. The number of hydrogen-bond acceptors (Lipinski definition) is 0. The molecule has 5 heteroatoms. The van der Waals surface area contributed by atoms with Gasteiger partial charge in [0.25, 0.3) is 0 Å². The van der Waals surface area contributed by atoms with E-state index < -0.39 is 28.3 Å². The molecule has 0 heterocycles. The van der Waals surface area contributed by atoms with Crippen molar-refractivity contribution in [3.63, 3.8) is 0 Å². The average Bonchev–Trinajstić information content (AvgIpc) is 2.74. The molecule has 0 aromatic heterocycles. The SMILES string of the molecule is CCCCCc1ccc2c(cc(F)c3cc(-c4cc(F)c(Cl)c(F)c4)ccc32)c1F.